The lowest BCUT2D eigenvalue weighted by atomic mass is 9.98. The van der Waals surface area contributed by atoms with Crippen LogP contribution in [0.3, 0.4) is 0 Å². The van der Waals surface area contributed by atoms with Crippen molar-refractivity contribution in [1.82, 2.24) is 14.8 Å². The Morgan fingerprint density at radius 2 is 1.74 bits per heavy atom. The van der Waals surface area contributed by atoms with E-state index in [0.29, 0.717) is 18.1 Å². The van der Waals surface area contributed by atoms with Gasteiger partial charge in [0.1, 0.15) is 11.5 Å². The highest BCUT2D eigenvalue weighted by Crippen LogP contribution is 2.35. The van der Waals surface area contributed by atoms with Gasteiger partial charge in [0, 0.05) is 41.9 Å². The zero-order chi connectivity index (χ0) is 23.9. The topological polar surface area (TPSA) is 84.6 Å². The fraction of sp³-hybridized carbons (Fsp3) is 0.222. The number of ether oxygens (including phenoxy) is 1. The normalized spacial score (nSPS) is 14.5. The van der Waals surface area contributed by atoms with Crippen LogP contribution in [0.25, 0.3) is 5.88 Å². The number of nitrogens with one attached hydrogen (secondary N) is 1. The molecule has 0 saturated heterocycles. The van der Waals surface area contributed by atoms with Crippen molar-refractivity contribution in [2.45, 2.75) is 40.0 Å². The number of benzene rings is 1. The summed E-state index contributed by atoms with van der Waals surface area (Å²) >= 11 is 0. The lowest BCUT2D eigenvalue weighted by molar-refractivity contribution is 0.455. The Morgan fingerprint density at radius 3 is 2.44 bits per heavy atom. The second kappa shape index (κ2) is 10.7. The average Bonchev–Trinajstić information content (AvgIpc) is 3.09. The van der Waals surface area contributed by atoms with Crippen LogP contribution in [0, 0.1) is 6.92 Å². The zero-order valence-electron chi connectivity index (χ0n) is 19.7. The Balaban J connectivity index is 0.00000133. The standard InChI is InChI=1S/C25H23N5O2.C2H6/c1-17-23(28-19-7-9-20(10-8-19)32-21-11-14-26-15-12-21)29-30-24(17)27-16-13-22(25(30)31)18-5-3-2-4-6-18;1-2/h3,5-12,14-16,31H,2,4,13H2,1H3,(H,28,29);1-2H3. The molecule has 0 amide bonds. The summed E-state index contributed by atoms with van der Waals surface area (Å²) in [6, 6.07) is 11.2. The minimum Gasteiger partial charge on any atom is -0.493 e. The molecule has 0 atom stereocenters. The molecule has 7 heteroatoms. The minimum absolute atomic E-state index is 0.118. The van der Waals surface area contributed by atoms with E-state index in [1.807, 2.05) is 63.4 Å². The van der Waals surface area contributed by atoms with E-state index in [1.54, 1.807) is 12.4 Å². The lowest BCUT2D eigenvalue weighted by Crippen LogP contribution is -2.04. The van der Waals surface area contributed by atoms with Gasteiger partial charge >= 0.3 is 0 Å². The monoisotopic (exact) mass is 455 g/mol. The van der Waals surface area contributed by atoms with E-state index in [4.69, 9.17) is 4.74 Å². The number of aliphatic imine (C=N–C) groups is 1. The highest BCUT2D eigenvalue weighted by atomic mass is 16.5. The van der Waals surface area contributed by atoms with Crippen molar-refractivity contribution in [2.24, 2.45) is 4.99 Å². The third-order valence-electron chi connectivity index (χ3n) is 5.42. The summed E-state index contributed by atoms with van der Waals surface area (Å²) in [5, 5.41) is 18.9. The molecular weight excluding hydrogens is 426 g/mol. The van der Waals surface area contributed by atoms with Crippen LogP contribution in [0.5, 0.6) is 11.5 Å². The van der Waals surface area contributed by atoms with Gasteiger partial charge in [0.25, 0.3) is 0 Å². The summed E-state index contributed by atoms with van der Waals surface area (Å²) in [7, 11) is 0. The second-order valence-corrected chi connectivity index (χ2v) is 7.60. The molecule has 0 fully saturated rings. The predicted octanol–water partition coefficient (Wildman–Crippen LogP) is 7.26. The number of rotatable bonds is 5. The fourth-order valence-electron chi connectivity index (χ4n) is 3.72. The van der Waals surface area contributed by atoms with Crippen LogP contribution in [0.15, 0.2) is 83.2 Å². The first-order valence-corrected chi connectivity index (χ1v) is 11.6. The summed E-state index contributed by atoms with van der Waals surface area (Å²) in [5.74, 6) is 2.84. The summed E-state index contributed by atoms with van der Waals surface area (Å²) in [6.07, 6.45) is 14.1. The van der Waals surface area contributed by atoms with Gasteiger partial charge in [-0.25, -0.2) is 4.99 Å². The van der Waals surface area contributed by atoms with Gasteiger partial charge in [0.05, 0.1) is 0 Å². The summed E-state index contributed by atoms with van der Waals surface area (Å²) < 4.78 is 7.33. The first-order valence-electron chi connectivity index (χ1n) is 11.6. The van der Waals surface area contributed by atoms with Crippen LogP contribution in [0.4, 0.5) is 17.3 Å². The average molecular weight is 456 g/mol. The highest BCUT2D eigenvalue weighted by molar-refractivity contribution is 5.78. The molecule has 5 rings (SSSR count). The van der Waals surface area contributed by atoms with Gasteiger partial charge in [-0.3, -0.25) is 4.98 Å². The van der Waals surface area contributed by atoms with Crippen molar-refractivity contribution < 1.29 is 9.84 Å². The van der Waals surface area contributed by atoms with E-state index >= 15 is 0 Å². The number of nitrogens with zero attached hydrogens (tertiary/aromatic N) is 4. The summed E-state index contributed by atoms with van der Waals surface area (Å²) in [5.41, 5.74) is 3.57. The number of fused-ring (bicyclic) bond motifs is 1. The van der Waals surface area contributed by atoms with Crippen molar-refractivity contribution in [3.63, 3.8) is 0 Å². The van der Waals surface area contributed by atoms with Crippen molar-refractivity contribution >= 4 is 29.4 Å². The number of aromatic nitrogens is 3. The molecule has 0 saturated carbocycles. The van der Waals surface area contributed by atoms with Crippen LogP contribution in [-0.2, 0) is 0 Å². The Bertz CT molecular complexity index is 1250. The van der Waals surface area contributed by atoms with Gasteiger partial charge < -0.3 is 15.2 Å². The van der Waals surface area contributed by atoms with E-state index in [9.17, 15) is 5.11 Å². The molecule has 2 N–H and O–H groups in total. The molecule has 0 radical (unpaired) electrons. The molecule has 34 heavy (non-hydrogen) atoms. The van der Waals surface area contributed by atoms with Gasteiger partial charge in [-0.1, -0.05) is 32.1 Å². The Kier molecular flexibility index (Phi) is 7.22. The summed E-state index contributed by atoms with van der Waals surface area (Å²) in [4.78, 5) is 8.55. The fourth-order valence-corrected chi connectivity index (χ4v) is 3.72. The van der Waals surface area contributed by atoms with Gasteiger partial charge in [-0.15, -0.1) is 5.10 Å². The largest absolute Gasteiger partial charge is 0.493 e. The number of anilines is 2. The first kappa shape index (κ1) is 23.0. The SMILES string of the molecule is CC.Cc1c(Nc2ccc(Oc3ccncc3)cc2)nn2c1N=CCC(C1=CCCC=C1)=C2O. The number of hydrogen-bond donors (Lipinski definition) is 2. The number of hydrogen-bond acceptors (Lipinski definition) is 6. The van der Waals surface area contributed by atoms with Crippen molar-refractivity contribution in [1.29, 1.82) is 0 Å². The third-order valence-corrected chi connectivity index (χ3v) is 5.42. The number of pyridine rings is 1. The van der Waals surface area contributed by atoms with Crippen molar-refractivity contribution in [3.8, 4) is 11.5 Å². The van der Waals surface area contributed by atoms with Crippen LogP contribution in [0.2, 0.25) is 0 Å². The Morgan fingerprint density at radius 1 is 1.00 bits per heavy atom. The molecule has 3 heterocycles. The molecule has 1 aliphatic carbocycles. The highest BCUT2D eigenvalue weighted by Gasteiger charge is 2.22. The lowest BCUT2D eigenvalue weighted by Gasteiger charge is -2.12. The summed E-state index contributed by atoms with van der Waals surface area (Å²) in [6.45, 7) is 5.94. The van der Waals surface area contributed by atoms with Gasteiger partial charge in [0.15, 0.2) is 11.6 Å². The van der Waals surface area contributed by atoms with Crippen molar-refractivity contribution in [3.05, 3.63) is 83.7 Å². The van der Waals surface area contributed by atoms with Gasteiger partial charge in [-0.05, 0) is 61.7 Å². The van der Waals surface area contributed by atoms with Crippen LogP contribution in [0.1, 0.15) is 38.7 Å². The van der Waals surface area contributed by atoms with Gasteiger partial charge in [0.2, 0.25) is 5.88 Å². The molecule has 3 aromatic rings. The molecule has 0 unspecified atom stereocenters. The molecule has 174 valence electrons. The molecule has 1 aromatic carbocycles. The molecular formula is C27H29N5O2. The number of aliphatic hydroxyl groups excluding tert-OH is 1. The number of allylic oxidation sites excluding steroid dienone is 5. The zero-order valence-corrected chi connectivity index (χ0v) is 19.7. The van der Waals surface area contributed by atoms with Gasteiger partial charge in [-0.2, -0.15) is 4.68 Å². The maximum atomic E-state index is 11.0. The molecule has 0 spiro atoms. The molecule has 7 nitrogen and oxygen atoms in total. The van der Waals surface area contributed by atoms with E-state index in [-0.39, 0.29) is 5.88 Å². The minimum atomic E-state index is 0.118. The van der Waals surface area contributed by atoms with Crippen LogP contribution >= 0.6 is 0 Å². The molecule has 2 aromatic heterocycles. The Labute approximate surface area is 199 Å². The van der Waals surface area contributed by atoms with Crippen LogP contribution in [-0.4, -0.2) is 26.1 Å². The maximum absolute atomic E-state index is 11.0. The van der Waals surface area contributed by atoms with Crippen LogP contribution < -0.4 is 10.1 Å². The maximum Gasteiger partial charge on any atom is 0.218 e. The Hall–Kier alpha value is -4.13. The van der Waals surface area contributed by atoms with E-state index < -0.39 is 0 Å². The van der Waals surface area contributed by atoms with E-state index in [2.05, 4.69) is 38.6 Å². The second-order valence-electron chi connectivity index (χ2n) is 7.60. The molecule has 1 aliphatic heterocycles. The van der Waals surface area contributed by atoms with E-state index in [1.165, 1.54) is 4.68 Å². The third kappa shape index (κ3) is 4.93. The van der Waals surface area contributed by atoms with Crippen molar-refractivity contribution in [2.75, 3.05) is 5.32 Å². The first-order chi connectivity index (χ1) is 16.7. The number of aliphatic hydroxyl groups is 1. The predicted molar refractivity (Wildman–Crippen MR) is 137 cm³/mol. The quantitative estimate of drug-likeness (QED) is 0.423. The molecule has 2 aliphatic rings. The van der Waals surface area contributed by atoms with E-state index in [0.717, 1.165) is 46.7 Å². The molecule has 0 bridgehead atoms. The smallest absolute Gasteiger partial charge is 0.218 e.